The lowest BCUT2D eigenvalue weighted by Crippen LogP contribution is -2.28. The molecular formula is C15H14F2N2O. The highest BCUT2D eigenvalue weighted by Gasteiger charge is 2.23. The quantitative estimate of drug-likeness (QED) is 0.856. The largest absolute Gasteiger partial charge is 0.399 e. The Bertz CT molecular complexity index is 654. The molecule has 2 rings (SSSR count). The maximum atomic E-state index is 13.9. The Morgan fingerprint density at radius 3 is 2.30 bits per heavy atom. The van der Waals surface area contributed by atoms with E-state index in [-0.39, 0.29) is 5.56 Å². The first-order valence-corrected chi connectivity index (χ1v) is 6.00. The van der Waals surface area contributed by atoms with Crippen LogP contribution in [0.3, 0.4) is 0 Å². The van der Waals surface area contributed by atoms with Gasteiger partial charge in [-0.25, -0.2) is 8.78 Å². The van der Waals surface area contributed by atoms with Crippen LogP contribution in [0.4, 0.5) is 20.2 Å². The van der Waals surface area contributed by atoms with Crippen LogP contribution in [0.1, 0.15) is 15.9 Å². The molecule has 0 aromatic heterocycles. The fourth-order valence-corrected chi connectivity index (χ4v) is 1.84. The fourth-order valence-electron chi connectivity index (χ4n) is 1.84. The summed E-state index contributed by atoms with van der Waals surface area (Å²) >= 11 is 0. The maximum Gasteiger partial charge on any atom is 0.263 e. The minimum absolute atomic E-state index is 0.223. The Morgan fingerprint density at radius 1 is 1.10 bits per heavy atom. The number of nitrogens with zero attached hydrogens (tertiary/aromatic N) is 1. The highest BCUT2D eigenvalue weighted by molar-refractivity contribution is 6.06. The summed E-state index contributed by atoms with van der Waals surface area (Å²) in [6.07, 6.45) is 0. The van der Waals surface area contributed by atoms with Crippen molar-refractivity contribution >= 4 is 17.3 Å². The van der Waals surface area contributed by atoms with Crippen molar-refractivity contribution in [1.82, 2.24) is 0 Å². The van der Waals surface area contributed by atoms with Gasteiger partial charge < -0.3 is 10.6 Å². The van der Waals surface area contributed by atoms with Crippen molar-refractivity contribution in [3.63, 3.8) is 0 Å². The van der Waals surface area contributed by atoms with Gasteiger partial charge in [0.25, 0.3) is 5.91 Å². The summed E-state index contributed by atoms with van der Waals surface area (Å²) in [7, 11) is 1.45. The summed E-state index contributed by atoms with van der Waals surface area (Å²) < 4.78 is 27.7. The number of carbonyl (C=O) groups excluding carboxylic acids is 1. The lowest BCUT2D eigenvalue weighted by Gasteiger charge is -2.18. The number of nitrogen functional groups attached to an aromatic ring is 1. The van der Waals surface area contributed by atoms with Crippen molar-refractivity contribution in [3.05, 3.63) is 59.2 Å². The number of aryl methyl sites for hydroxylation is 1. The van der Waals surface area contributed by atoms with Gasteiger partial charge in [0.2, 0.25) is 0 Å². The van der Waals surface area contributed by atoms with Crippen molar-refractivity contribution in [2.75, 3.05) is 17.7 Å². The van der Waals surface area contributed by atoms with Crippen molar-refractivity contribution in [3.8, 4) is 0 Å². The first kappa shape index (κ1) is 14.0. The van der Waals surface area contributed by atoms with Crippen molar-refractivity contribution in [2.45, 2.75) is 6.92 Å². The Hall–Kier alpha value is -2.43. The topological polar surface area (TPSA) is 46.3 Å². The second-order valence-corrected chi connectivity index (χ2v) is 4.51. The highest BCUT2D eigenvalue weighted by Crippen LogP contribution is 2.22. The lowest BCUT2D eigenvalue weighted by molar-refractivity contribution is 0.0984. The van der Waals surface area contributed by atoms with E-state index in [0.717, 1.165) is 6.07 Å². The molecule has 5 heteroatoms. The summed E-state index contributed by atoms with van der Waals surface area (Å²) in [5, 5.41) is 0. The number of hydrogen-bond acceptors (Lipinski definition) is 2. The minimum Gasteiger partial charge on any atom is -0.399 e. The molecular weight excluding hydrogens is 262 g/mol. The molecule has 0 atom stereocenters. The number of halogens is 2. The van der Waals surface area contributed by atoms with Crippen LogP contribution in [0.2, 0.25) is 0 Å². The Morgan fingerprint density at radius 2 is 1.70 bits per heavy atom. The van der Waals surface area contributed by atoms with E-state index in [1.807, 2.05) is 0 Å². The summed E-state index contributed by atoms with van der Waals surface area (Å²) in [6.45, 7) is 1.48. The van der Waals surface area contributed by atoms with E-state index in [0.29, 0.717) is 11.4 Å². The predicted octanol–water partition coefficient (Wildman–Crippen LogP) is 3.13. The van der Waals surface area contributed by atoms with E-state index in [2.05, 4.69) is 0 Å². The number of rotatable bonds is 2. The SMILES string of the molecule is Cc1ccc(F)c(C(=O)N(C)c2ccc(N)cc2)c1F. The van der Waals surface area contributed by atoms with Gasteiger partial charge in [-0.2, -0.15) is 0 Å². The first-order valence-electron chi connectivity index (χ1n) is 6.00. The number of amides is 1. The van der Waals surface area contributed by atoms with Crippen LogP contribution in [-0.2, 0) is 0 Å². The van der Waals surface area contributed by atoms with E-state index in [4.69, 9.17) is 5.73 Å². The third kappa shape index (κ3) is 2.47. The van der Waals surface area contributed by atoms with E-state index < -0.39 is 23.1 Å². The van der Waals surface area contributed by atoms with Crippen LogP contribution in [-0.4, -0.2) is 13.0 Å². The van der Waals surface area contributed by atoms with E-state index in [1.165, 1.54) is 24.9 Å². The van der Waals surface area contributed by atoms with Gasteiger partial charge in [-0.05, 0) is 42.8 Å². The van der Waals surface area contributed by atoms with Gasteiger partial charge in [-0.1, -0.05) is 6.07 Å². The zero-order chi connectivity index (χ0) is 14.9. The Balaban J connectivity index is 2.41. The molecule has 1 amide bonds. The second kappa shape index (κ2) is 5.28. The molecule has 2 aromatic rings. The van der Waals surface area contributed by atoms with Crippen molar-refractivity contribution < 1.29 is 13.6 Å². The van der Waals surface area contributed by atoms with Crippen molar-refractivity contribution in [1.29, 1.82) is 0 Å². The molecule has 2 N–H and O–H groups in total. The molecule has 0 unspecified atom stereocenters. The van der Waals surface area contributed by atoms with Crippen LogP contribution in [0.15, 0.2) is 36.4 Å². The summed E-state index contributed by atoms with van der Waals surface area (Å²) in [6, 6.07) is 8.83. The summed E-state index contributed by atoms with van der Waals surface area (Å²) in [5.41, 5.74) is 6.28. The van der Waals surface area contributed by atoms with Crippen LogP contribution in [0, 0.1) is 18.6 Å². The van der Waals surface area contributed by atoms with E-state index >= 15 is 0 Å². The molecule has 104 valence electrons. The van der Waals surface area contributed by atoms with E-state index in [1.54, 1.807) is 24.3 Å². The fraction of sp³-hybridized carbons (Fsp3) is 0.133. The van der Waals surface area contributed by atoms with Gasteiger partial charge in [0.15, 0.2) is 0 Å². The third-order valence-electron chi connectivity index (χ3n) is 3.08. The first-order chi connectivity index (χ1) is 9.41. The standard InChI is InChI=1S/C15H14F2N2O/c1-9-3-8-12(16)13(14(9)17)15(20)19(2)11-6-4-10(18)5-7-11/h3-8H,18H2,1-2H3. The Labute approximate surface area is 115 Å². The number of anilines is 2. The zero-order valence-electron chi connectivity index (χ0n) is 11.2. The summed E-state index contributed by atoms with van der Waals surface area (Å²) in [4.78, 5) is 13.4. The molecule has 3 nitrogen and oxygen atoms in total. The van der Waals surface area contributed by atoms with Crippen LogP contribution >= 0.6 is 0 Å². The molecule has 0 fully saturated rings. The molecule has 20 heavy (non-hydrogen) atoms. The van der Waals surface area contributed by atoms with Gasteiger partial charge >= 0.3 is 0 Å². The smallest absolute Gasteiger partial charge is 0.263 e. The zero-order valence-corrected chi connectivity index (χ0v) is 11.2. The third-order valence-corrected chi connectivity index (χ3v) is 3.08. The molecule has 0 saturated heterocycles. The monoisotopic (exact) mass is 276 g/mol. The molecule has 0 radical (unpaired) electrons. The summed E-state index contributed by atoms with van der Waals surface area (Å²) in [5.74, 6) is -2.45. The van der Waals surface area contributed by atoms with Gasteiger partial charge in [0.1, 0.15) is 17.2 Å². The van der Waals surface area contributed by atoms with Gasteiger partial charge in [0, 0.05) is 18.4 Å². The molecule has 0 aliphatic rings. The molecule has 0 spiro atoms. The highest BCUT2D eigenvalue weighted by atomic mass is 19.1. The average Bonchev–Trinajstić information content (AvgIpc) is 2.43. The number of benzene rings is 2. The molecule has 0 saturated carbocycles. The Kier molecular flexibility index (Phi) is 3.70. The number of hydrogen-bond donors (Lipinski definition) is 1. The minimum atomic E-state index is -0.875. The average molecular weight is 276 g/mol. The van der Waals surface area contributed by atoms with Crippen LogP contribution < -0.4 is 10.6 Å². The maximum absolute atomic E-state index is 13.9. The molecule has 0 aliphatic carbocycles. The van der Waals surface area contributed by atoms with Gasteiger partial charge in [-0.15, -0.1) is 0 Å². The van der Waals surface area contributed by atoms with E-state index in [9.17, 15) is 13.6 Å². The number of nitrogens with two attached hydrogens (primary N) is 1. The van der Waals surface area contributed by atoms with Gasteiger partial charge in [0.05, 0.1) is 0 Å². The van der Waals surface area contributed by atoms with Gasteiger partial charge in [-0.3, -0.25) is 4.79 Å². The predicted molar refractivity (Wildman–Crippen MR) is 74.7 cm³/mol. The lowest BCUT2D eigenvalue weighted by atomic mass is 10.1. The molecule has 0 bridgehead atoms. The molecule has 0 heterocycles. The molecule has 2 aromatic carbocycles. The van der Waals surface area contributed by atoms with Crippen LogP contribution in [0.25, 0.3) is 0 Å². The number of carbonyl (C=O) groups is 1. The molecule has 0 aliphatic heterocycles. The van der Waals surface area contributed by atoms with Crippen LogP contribution in [0.5, 0.6) is 0 Å². The normalized spacial score (nSPS) is 10.4. The van der Waals surface area contributed by atoms with Crippen molar-refractivity contribution in [2.24, 2.45) is 0 Å². The second-order valence-electron chi connectivity index (χ2n) is 4.51.